The van der Waals surface area contributed by atoms with Crippen molar-refractivity contribution in [3.63, 3.8) is 0 Å². The van der Waals surface area contributed by atoms with Crippen LogP contribution in [0.2, 0.25) is 5.02 Å². The number of ketones is 1. The highest BCUT2D eigenvalue weighted by atomic mass is 35.5. The molecule has 0 spiro atoms. The van der Waals surface area contributed by atoms with Gasteiger partial charge in [0.15, 0.2) is 0 Å². The Hall–Kier alpha value is -4.04. The highest BCUT2D eigenvalue weighted by molar-refractivity contribution is 6.51. The van der Waals surface area contributed by atoms with E-state index in [-0.39, 0.29) is 27.7 Å². The second-order valence-electron chi connectivity index (χ2n) is 7.54. The fourth-order valence-electron chi connectivity index (χ4n) is 3.98. The van der Waals surface area contributed by atoms with E-state index in [1.165, 1.54) is 31.3 Å². The van der Waals surface area contributed by atoms with Crippen LogP contribution in [-0.4, -0.2) is 42.6 Å². The summed E-state index contributed by atoms with van der Waals surface area (Å²) < 4.78 is 16.1. The molecule has 0 saturated carbocycles. The number of benzene rings is 2. The number of ether oxygens (including phenoxy) is 3. The lowest BCUT2D eigenvalue weighted by molar-refractivity contribution is -0.132. The summed E-state index contributed by atoms with van der Waals surface area (Å²) in [7, 11) is 2.83. The third kappa shape index (κ3) is 4.40. The molecule has 180 valence electrons. The van der Waals surface area contributed by atoms with Gasteiger partial charge in [0.1, 0.15) is 29.0 Å². The third-order valence-corrected chi connectivity index (χ3v) is 5.86. The number of pyridine rings is 1. The van der Waals surface area contributed by atoms with Crippen LogP contribution in [0.5, 0.6) is 17.2 Å². The molecular weight excluding hydrogens is 472 g/mol. The Morgan fingerprint density at radius 1 is 1.06 bits per heavy atom. The number of nitrogens with zero attached hydrogens (tertiary/aromatic N) is 2. The van der Waals surface area contributed by atoms with Gasteiger partial charge in [-0.25, -0.2) is 0 Å². The van der Waals surface area contributed by atoms with E-state index < -0.39 is 23.5 Å². The number of carbonyl (C=O) groups is 2. The molecular formula is C26H23ClN2O6. The number of methoxy groups -OCH3 is 2. The van der Waals surface area contributed by atoms with Gasteiger partial charge in [-0.2, -0.15) is 0 Å². The smallest absolute Gasteiger partial charge is 0.300 e. The van der Waals surface area contributed by atoms with Crippen LogP contribution in [-0.2, 0) is 9.59 Å². The minimum atomic E-state index is -0.986. The summed E-state index contributed by atoms with van der Waals surface area (Å²) in [6.07, 6.45) is 1.56. The predicted molar refractivity (Wildman–Crippen MR) is 131 cm³/mol. The molecule has 2 heterocycles. The molecule has 1 saturated heterocycles. The largest absolute Gasteiger partial charge is 0.507 e. The molecule has 1 aromatic heterocycles. The molecule has 0 aliphatic carbocycles. The van der Waals surface area contributed by atoms with Crippen LogP contribution in [0.3, 0.4) is 0 Å². The van der Waals surface area contributed by atoms with Crippen molar-refractivity contribution < 1.29 is 28.9 Å². The maximum atomic E-state index is 13.3. The van der Waals surface area contributed by atoms with Gasteiger partial charge in [-0.05, 0) is 49.4 Å². The highest BCUT2D eigenvalue weighted by Crippen LogP contribution is 2.44. The van der Waals surface area contributed by atoms with Crippen molar-refractivity contribution in [1.29, 1.82) is 0 Å². The zero-order valence-corrected chi connectivity index (χ0v) is 20.1. The van der Waals surface area contributed by atoms with Crippen molar-refractivity contribution >= 4 is 34.7 Å². The van der Waals surface area contributed by atoms with Gasteiger partial charge >= 0.3 is 0 Å². The fourth-order valence-corrected chi connectivity index (χ4v) is 4.21. The van der Waals surface area contributed by atoms with Gasteiger partial charge in [-0.1, -0.05) is 17.7 Å². The van der Waals surface area contributed by atoms with Crippen LogP contribution in [0, 0.1) is 0 Å². The normalized spacial score (nSPS) is 16.9. The van der Waals surface area contributed by atoms with E-state index in [0.29, 0.717) is 23.7 Å². The topological polar surface area (TPSA) is 98.2 Å². The summed E-state index contributed by atoms with van der Waals surface area (Å²) >= 11 is 6.21. The summed E-state index contributed by atoms with van der Waals surface area (Å²) in [4.78, 5) is 32.3. The van der Waals surface area contributed by atoms with E-state index in [1.54, 1.807) is 48.7 Å². The van der Waals surface area contributed by atoms with Gasteiger partial charge in [0.05, 0.1) is 42.7 Å². The summed E-state index contributed by atoms with van der Waals surface area (Å²) in [5.41, 5.74) is 0.873. The molecule has 1 aliphatic heterocycles. The van der Waals surface area contributed by atoms with Crippen LogP contribution >= 0.6 is 11.6 Å². The average molecular weight is 495 g/mol. The monoisotopic (exact) mass is 494 g/mol. The Labute approximate surface area is 207 Å². The molecule has 35 heavy (non-hydrogen) atoms. The zero-order chi connectivity index (χ0) is 25.1. The molecule has 8 nitrogen and oxygen atoms in total. The number of amides is 1. The van der Waals surface area contributed by atoms with Crippen LogP contribution in [0.1, 0.15) is 24.2 Å². The van der Waals surface area contributed by atoms with Gasteiger partial charge in [0, 0.05) is 18.0 Å². The average Bonchev–Trinajstić information content (AvgIpc) is 3.15. The van der Waals surface area contributed by atoms with Crippen LogP contribution in [0.15, 0.2) is 66.4 Å². The number of halogens is 1. The number of aliphatic hydroxyl groups excluding tert-OH is 1. The number of Topliss-reactive ketones (excluding diaryl/α,β-unsaturated/α-hetero) is 1. The second-order valence-corrected chi connectivity index (χ2v) is 7.94. The Morgan fingerprint density at radius 3 is 2.37 bits per heavy atom. The Kier molecular flexibility index (Phi) is 6.93. The molecule has 0 radical (unpaired) electrons. The highest BCUT2D eigenvalue weighted by Gasteiger charge is 2.48. The summed E-state index contributed by atoms with van der Waals surface area (Å²) in [6.45, 7) is 2.36. The number of anilines is 1. The first-order chi connectivity index (χ1) is 16.9. The number of hydrogen-bond donors (Lipinski definition) is 1. The van der Waals surface area contributed by atoms with Gasteiger partial charge in [0.25, 0.3) is 11.7 Å². The fraction of sp³-hybridized carbons (Fsp3) is 0.192. The van der Waals surface area contributed by atoms with Crippen molar-refractivity contribution in [3.05, 3.63) is 82.6 Å². The van der Waals surface area contributed by atoms with Gasteiger partial charge in [-0.15, -0.1) is 0 Å². The quantitative estimate of drug-likeness (QED) is 0.287. The molecule has 3 aromatic rings. The molecule has 1 N–H and O–H groups in total. The molecule has 9 heteroatoms. The van der Waals surface area contributed by atoms with Crippen LogP contribution in [0.25, 0.3) is 5.76 Å². The van der Waals surface area contributed by atoms with E-state index >= 15 is 0 Å². The standard InChI is InChI=1S/C26H23ClN2O6/c1-4-35-16-10-8-15(9-11-16)29-23(19-7-5-6-12-28-19)22(25(31)26(29)32)24(30)17-13-21(34-3)18(27)14-20(17)33-2/h5-14,23,30H,4H2,1-3H3/b24-22+. The molecule has 1 unspecified atom stereocenters. The molecule has 2 aromatic carbocycles. The summed E-state index contributed by atoms with van der Waals surface area (Å²) in [5.74, 6) is -0.988. The summed E-state index contributed by atoms with van der Waals surface area (Å²) in [5, 5.41) is 11.7. The molecule has 1 fully saturated rings. The Morgan fingerprint density at radius 2 is 1.77 bits per heavy atom. The number of carbonyl (C=O) groups excluding carboxylic acids is 2. The number of rotatable bonds is 7. The van der Waals surface area contributed by atoms with E-state index in [1.807, 2.05) is 6.92 Å². The van der Waals surface area contributed by atoms with Crippen molar-refractivity contribution in [3.8, 4) is 17.2 Å². The van der Waals surface area contributed by atoms with Crippen molar-refractivity contribution in [2.24, 2.45) is 0 Å². The van der Waals surface area contributed by atoms with Gasteiger partial charge in [0.2, 0.25) is 0 Å². The minimum absolute atomic E-state index is 0.134. The van der Waals surface area contributed by atoms with E-state index in [9.17, 15) is 14.7 Å². The predicted octanol–water partition coefficient (Wildman–Crippen LogP) is 4.78. The Bertz CT molecular complexity index is 1290. The Balaban J connectivity index is 1.93. The van der Waals surface area contributed by atoms with Crippen LogP contribution < -0.4 is 19.1 Å². The first-order valence-corrected chi connectivity index (χ1v) is 11.2. The molecule has 1 amide bonds. The lowest BCUT2D eigenvalue weighted by Gasteiger charge is -2.25. The van der Waals surface area contributed by atoms with Crippen molar-refractivity contribution in [2.45, 2.75) is 13.0 Å². The molecule has 0 bridgehead atoms. The first kappa shape index (κ1) is 24.1. The summed E-state index contributed by atoms with van der Waals surface area (Å²) in [6, 6.07) is 13.9. The SMILES string of the molecule is CCOc1ccc(N2C(=O)C(=O)/C(=C(/O)c3cc(OC)c(Cl)cc3OC)C2c2ccccn2)cc1. The van der Waals surface area contributed by atoms with E-state index in [4.69, 9.17) is 25.8 Å². The van der Waals surface area contributed by atoms with Crippen LogP contribution in [0.4, 0.5) is 5.69 Å². The number of aliphatic hydroxyl groups is 1. The third-order valence-electron chi connectivity index (χ3n) is 5.57. The lowest BCUT2D eigenvalue weighted by Crippen LogP contribution is -2.29. The molecule has 1 aliphatic rings. The maximum Gasteiger partial charge on any atom is 0.300 e. The zero-order valence-electron chi connectivity index (χ0n) is 19.3. The molecule has 4 rings (SSSR count). The van der Waals surface area contributed by atoms with Crippen molar-refractivity contribution in [1.82, 2.24) is 4.98 Å². The van der Waals surface area contributed by atoms with Gasteiger partial charge < -0.3 is 19.3 Å². The lowest BCUT2D eigenvalue weighted by atomic mass is 9.97. The minimum Gasteiger partial charge on any atom is -0.507 e. The number of aromatic nitrogens is 1. The maximum absolute atomic E-state index is 13.3. The second kappa shape index (κ2) is 10.1. The first-order valence-electron chi connectivity index (χ1n) is 10.8. The van der Waals surface area contributed by atoms with E-state index in [2.05, 4.69) is 4.98 Å². The van der Waals surface area contributed by atoms with E-state index in [0.717, 1.165) is 0 Å². The number of hydrogen-bond acceptors (Lipinski definition) is 7. The van der Waals surface area contributed by atoms with Gasteiger partial charge in [-0.3, -0.25) is 19.5 Å². The molecule has 1 atom stereocenters. The van der Waals surface area contributed by atoms with Crippen molar-refractivity contribution in [2.75, 3.05) is 25.7 Å².